The highest BCUT2D eigenvalue weighted by molar-refractivity contribution is 7.89. The number of nitrogens with one attached hydrogen (secondary N) is 2. The summed E-state index contributed by atoms with van der Waals surface area (Å²) in [6.07, 6.45) is 0. The smallest absolute Gasteiger partial charge is 0.325 e. The van der Waals surface area contributed by atoms with Crippen molar-refractivity contribution in [1.82, 2.24) is 10.2 Å². The second-order valence-electron chi connectivity index (χ2n) is 6.67. The van der Waals surface area contributed by atoms with Crippen LogP contribution >= 0.6 is 0 Å². The van der Waals surface area contributed by atoms with Crippen molar-refractivity contribution in [3.8, 4) is 0 Å². The molecule has 2 aromatic carbocycles. The molecule has 0 heterocycles. The Morgan fingerprint density at radius 2 is 1.65 bits per heavy atom. The molecule has 10 nitrogen and oxygen atoms in total. The van der Waals surface area contributed by atoms with Crippen LogP contribution in [0.3, 0.4) is 0 Å². The number of amides is 3. The molecule has 0 aliphatic carbocycles. The number of nitrogens with zero attached hydrogens (tertiary/aromatic N) is 1. The molecule has 3 amide bonds. The summed E-state index contributed by atoms with van der Waals surface area (Å²) in [4.78, 5) is 37.1. The van der Waals surface area contributed by atoms with Crippen LogP contribution < -0.4 is 15.8 Å². The van der Waals surface area contributed by atoms with E-state index in [9.17, 15) is 22.8 Å². The fraction of sp³-hybridized carbons (Fsp3) is 0.250. The van der Waals surface area contributed by atoms with Crippen molar-refractivity contribution in [2.45, 2.75) is 17.9 Å². The van der Waals surface area contributed by atoms with Gasteiger partial charge in [-0.05, 0) is 48.9 Å². The molecule has 2 aromatic rings. The Kier molecular flexibility index (Phi) is 7.72. The number of carbonyl (C=O) groups is 3. The predicted octanol–water partition coefficient (Wildman–Crippen LogP) is 1.46. The molecule has 4 N–H and O–H groups in total. The van der Waals surface area contributed by atoms with E-state index in [1.807, 2.05) is 0 Å². The van der Waals surface area contributed by atoms with Gasteiger partial charge in [-0.15, -0.1) is 0 Å². The first-order valence-corrected chi connectivity index (χ1v) is 10.7. The summed E-state index contributed by atoms with van der Waals surface area (Å²) in [6, 6.07) is 11.4. The first-order valence-electron chi connectivity index (χ1n) is 9.14. The molecule has 0 saturated carbocycles. The molecule has 0 aromatic heterocycles. The molecule has 0 spiro atoms. The summed E-state index contributed by atoms with van der Waals surface area (Å²) in [7, 11) is -0.961. The van der Waals surface area contributed by atoms with Gasteiger partial charge in [0.2, 0.25) is 10.0 Å². The van der Waals surface area contributed by atoms with E-state index in [0.717, 1.165) is 5.56 Å². The van der Waals surface area contributed by atoms with Crippen LogP contribution in [0.15, 0.2) is 53.4 Å². The van der Waals surface area contributed by atoms with Gasteiger partial charge in [0.25, 0.3) is 5.91 Å². The van der Waals surface area contributed by atoms with Crippen LogP contribution in [0.2, 0.25) is 0 Å². The van der Waals surface area contributed by atoms with E-state index in [1.54, 1.807) is 38.2 Å². The van der Waals surface area contributed by atoms with E-state index in [2.05, 4.69) is 15.4 Å². The van der Waals surface area contributed by atoms with Gasteiger partial charge in [-0.1, -0.05) is 12.1 Å². The number of carbonyl (C=O) groups excluding carboxylic acids is 3. The summed E-state index contributed by atoms with van der Waals surface area (Å²) < 4.78 is 27.2. The third kappa shape index (κ3) is 6.52. The molecule has 166 valence electrons. The van der Waals surface area contributed by atoms with Gasteiger partial charge >= 0.3 is 12.0 Å². The van der Waals surface area contributed by atoms with Crippen LogP contribution in [0.5, 0.6) is 0 Å². The minimum Gasteiger partial charge on any atom is -0.468 e. The third-order valence-electron chi connectivity index (χ3n) is 4.61. The van der Waals surface area contributed by atoms with Crippen LogP contribution in [0.25, 0.3) is 0 Å². The van der Waals surface area contributed by atoms with Crippen LogP contribution in [-0.2, 0) is 19.6 Å². The molecular weight excluding hydrogens is 424 g/mol. The molecule has 31 heavy (non-hydrogen) atoms. The van der Waals surface area contributed by atoms with Gasteiger partial charge < -0.3 is 20.3 Å². The standard InChI is InChI=1S/C20H24N4O6S/c1-13(14-6-10-17(11-7-14)31(21,28)29)24(2)20(27)23-16-8-4-15(5-9-16)19(26)22-12-18(25)30-3/h4-11,13H,12H2,1-3H3,(H,22,26)(H,23,27)(H2,21,28,29). The lowest BCUT2D eigenvalue weighted by Crippen LogP contribution is -2.33. The molecule has 1 atom stereocenters. The Hall–Kier alpha value is -3.44. The van der Waals surface area contributed by atoms with E-state index in [-0.39, 0.29) is 17.5 Å². The second kappa shape index (κ2) is 10.0. The Bertz CT molecular complexity index is 1050. The minimum atomic E-state index is -3.79. The number of ether oxygens (including phenoxy) is 1. The van der Waals surface area contributed by atoms with E-state index in [1.165, 1.54) is 36.3 Å². The van der Waals surface area contributed by atoms with Crippen LogP contribution in [-0.4, -0.2) is 51.9 Å². The average Bonchev–Trinajstić information content (AvgIpc) is 2.76. The number of methoxy groups -OCH3 is 1. The monoisotopic (exact) mass is 448 g/mol. The molecule has 0 aliphatic heterocycles. The number of benzene rings is 2. The van der Waals surface area contributed by atoms with E-state index >= 15 is 0 Å². The molecule has 0 radical (unpaired) electrons. The maximum atomic E-state index is 12.6. The lowest BCUT2D eigenvalue weighted by molar-refractivity contribution is -0.139. The molecule has 0 aliphatic rings. The SMILES string of the molecule is COC(=O)CNC(=O)c1ccc(NC(=O)N(C)C(C)c2ccc(S(N)(=O)=O)cc2)cc1. The number of urea groups is 1. The summed E-state index contributed by atoms with van der Waals surface area (Å²) in [6.45, 7) is 1.55. The van der Waals surface area contributed by atoms with Gasteiger partial charge in [-0.25, -0.2) is 18.4 Å². The minimum absolute atomic E-state index is 0.00809. The summed E-state index contributed by atoms with van der Waals surface area (Å²) in [5.74, 6) is -1.01. The van der Waals surface area contributed by atoms with Crippen molar-refractivity contribution < 1.29 is 27.5 Å². The Labute approximate surface area is 180 Å². The van der Waals surface area contributed by atoms with Gasteiger partial charge in [0.15, 0.2) is 0 Å². The number of hydrogen-bond donors (Lipinski definition) is 3. The van der Waals surface area contributed by atoms with Crippen molar-refractivity contribution in [1.29, 1.82) is 0 Å². The fourth-order valence-electron chi connectivity index (χ4n) is 2.58. The topological polar surface area (TPSA) is 148 Å². The van der Waals surface area contributed by atoms with Gasteiger partial charge in [0.1, 0.15) is 6.54 Å². The number of hydrogen-bond acceptors (Lipinski definition) is 6. The van der Waals surface area contributed by atoms with Gasteiger partial charge in [-0.3, -0.25) is 9.59 Å². The fourth-order valence-corrected chi connectivity index (χ4v) is 3.09. The van der Waals surface area contributed by atoms with E-state index in [4.69, 9.17) is 5.14 Å². The maximum Gasteiger partial charge on any atom is 0.325 e. The van der Waals surface area contributed by atoms with Crippen molar-refractivity contribution in [2.75, 3.05) is 26.0 Å². The largest absolute Gasteiger partial charge is 0.468 e. The normalized spacial score (nSPS) is 11.9. The highest BCUT2D eigenvalue weighted by Crippen LogP contribution is 2.21. The zero-order valence-electron chi connectivity index (χ0n) is 17.3. The highest BCUT2D eigenvalue weighted by atomic mass is 32.2. The number of sulfonamides is 1. The first kappa shape index (κ1) is 23.8. The molecule has 0 bridgehead atoms. The summed E-state index contributed by atoms with van der Waals surface area (Å²) in [5.41, 5.74) is 1.51. The Morgan fingerprint density at radius 3 is 2.16 bits per heavy atom. The molecule has 11 heteroatoms. The van der Waals surface area contributed by atoms with Gasteiger partial charge in [0, 0.05) is 18.3 Å². The van der Waals surface area contributed by atoms with Gasteiger partial charge in [0.05, 0.1) is 18.0 Å². The van der Waals surface area contributed by atoms with Crippen LogP contribution in [0, 0.1) is 0 Å². The lowest BCUT2D eigenvalue weighted by Gasteiger charge is -2.25. The quantitative estimate of drug-likeness (QED) is 0.546. The third-order valence-corrected chi connectivity index (χ3v) is 5.54. The molecule has 1 unspecified atom stereocenters. The molecule has 0 saturated heterocycles. The number of nitrogens with two attached hydrogens (primary N) is 1. The molecule has 0 fully saturated rings. The number of primary sulfonamides is 1. The predicted molar refractivity (Wildman–Crippen MR) is 114 cm³/mol. The summed E-state index contributed by atoms with van der Waals surface area (Å²) in [5, 5.41) is 10.2. The van der Waals surface area contributed by atoms with Crippen molar-refractivity contribution in [3.05, 3.63) is 59.7 Å². The first-order chi connectivity index (χ1) is 14.5. The Morgan fingerprint density at radius 1 is 1.06 bits per heavy atom. The van der Waals surface area contributed by atoms with Gasteiger partial charge in [-0.2, -0.15) is 0 Å². The van der Waals surface area contributed by atoms with Crippen LogP contribution in [0.4, 0.5) is 10.5 Å². The molecular formula is C20H24N4O6S. The van der Waals surface area contributed by atoms with Crippen molar-refractivity contribution in [3.63, 3.8) is 0 Å². The van der Waals surface area contributed by atoms with E-state index in [0.29, 0.717) is 11.3 Å². The number of esters is 1. The average molecular weight is 449 g/mol. The highest BCUT2D eigenvalue weighted by Gasteiger charge is 2.18. The number of anilines is 1. The molecule has 2 rings (SSSR count). The zero-order chi connectivity index (χ0) is 23.2. The lowest BCUT2D eigenvalue weighted by atomic mass is 10.1. The maximum absolute atomic E-state index is 12.6. The van der Waals surface area contributed by atoms with E-state index < -0.39 is 27.9 Å². The summed E-state index contributed by atoms with van der Waals surface area (Å²) >= 11 is 0. The zero-order valence-corrected chi connectivity index (χ0v) is 18.1. The Balaban J connectivity index is 1.99. The second-order valence-corrected chi connectivity index (χ2v) is 8.23. The number of rotatable bonds is 7. The van der Waals surface area contributed by atoms with Crippen LogP contribution in [0.1, 0.15) is 28.9 Å². The van der Waals surface area contributed by atoms with Crippen molar-refractivity contribution in [2.24, 2.45) is 5.14 Å². The van der Waals surface area contributed by atoms with Crippen molar-refractivity contribution >= 4 is 33.6 Å².